The van der Waals surface area contributed by atoms with Crippen LogP contribution in [0, 0.1) is 18.7 Å². The van der Waals surface area contributed by atoms with E-state index in [9.17, 15) is 14.0 Å². The Hall–Kier alpha value is -3.30. The maximum atomic E-state index is 13.6. The number of carbonyl (C=O) groups excluding carboxylic acids is 1. The Bertz CT molecular complexity index is 1370. The van der Waals surface area contributed by atoms with Gasteiger partial charge < -0.3 is 20.5 Å². The molecule has 1 amide bonds. The minimum Gasteiger partial charge on any atom is -0.486 e. The molecule has 1 aromatic heterocycles. The van der Waals surface area contributed by atoms with Gasteiger partial charge in [0, 0.05) is 25.0 Å². The molecule has 0 radical (unpaired) electrons. The smallest absolute Gasteiger partial charge is 0.339 e. The van der Waals surface area contributed by atoms with Gasteiger partial charge in [-0.3, -0.25) is 4.79 Å². The van der Waals surface area contributed by atoms with Crippen molar-refractivity contribution in [3.63, 3.8) is 0 Å². The predicted molar refractivity (Wildman–Crippen MR) is 140 cm³/mol. The molecule has 3 N–H and O–H groups in total. The van der Waals surface area contributed by atoms with Crippen LogP contribution in [0.3, 0.4) is 0 Å². The molecule has 2 aromatic carbocycles. The molecule has 1 saturated heterocycles. The van der Waals surface area contributed by atoms with E-state index in [1.165, 1.54) is 23.5 Å². The summed E-state index contributed by atoms with van der Waals surface area (Å²) in [4.78, 5) is 31.1. The van der Waals surface area contributed by atoms with Gasteiger partial charge in [0.15, 0.2) is 0 Å². The molecule has 3 heterocycles. The van der Waals surface area contributed by atoms with Crippen LogP contribution in [0.1, 0.15) is 58.1 Å². The molecule has 7 nitrogen and oxygen atoms in total. The molecular weight excluding hydrogens is 493 g/mol. The van der Waals surface area contributed by atoms with Gasteiger partial charge in [0.25, 0.3) is 5.91 Å². The second-order valence-electron chi connectivity index (χ2n) is 10.5. The largest absolute Gasteiger partial charge is 0.486 e. The summed E-state index contributed by atoms with van der Waals surface area (Å²) in [5.74, 6) is -0.168. The second kappa shape index (κ2) is 9.54. The van der Waals surface area contributed by atoms with Crippen LogP contribution in [0.25, 0.3) is 10.4 Å². The van der Waals surface area contributed by atoms with Crippen LogP contribution >= 0.6 is 11.3 Å². The zero-order valence-electron chi connectivity index (χ0n) is 21.0. The number of fused-ring (bicyclic) bond motifs is 2. The Kier molecular flexibility index (Phi) is 6.53. The Morgan fingerprint density at radius 3 is 2.70 bits per heavy atom. The van der Waals surface area contributed by atoms with E-state index in [4.69, 9.17) is 15.6 Å². The fourth-order valence-corrected chi connectivity index (χ4v) is 6.30. The lowest BCUT2D eigenvalue weighted by molar-refractivity contribution is 0.0680. The number of aryl methyl sites for hydroxylation is 1. The fourth-order valence-electron chi connectivity index (χ4n) is 5.39. The van der Waals surface area contributed by atoms with E-state index in [1.807, 2.05) is 37.8 Å². The molecule has 3 aliphatic rings. The van der Waals surface area contributed by atoms with Crippen molar-refractivity contribution >= 4 is 23.2 Å². The van der Waals surface area contributed by atoms with Gasteiger partial charge in [-0.1, -0.05) is 24.3 Å². The van der Waals surface area contributed by atoms with Crippen molar-refractivity contribution in [3.05, 3.63) is 70.1 Å². The number of aromatic nitrogens is 1. The molecule has 0 spiro atoms. The average Bonchev–Trinajstić information content (AvgIpc) is 3.17. The number of ether oxygens (including phenoxy) is 1. The molecule has 9 heteroatoms. The van der Waals surface area contributed by atoms with E-state index in [2.05, 4.69) is 4.98 Å². The fraction of sp³-hybridized carbons (Fsp3) is 0.393. The number of carboxylic acid groups (broad SMARTS) is 1. The highest BCUT2D eigenvalue weighted by atomic mass is 32.1. The van der Waals surface area contributed by atoms with Crippen molar-refractivity contribution in [1.29, 1.82) is 0 Å². The summed E-state index contributed by atoms with van der Waals surface area (Å²) in [6, 6.07) is 12.0. The SMILES string of the molecule is CC1(C)Cc2cccc(C(=O)O)c2O1.Cc1nc(C(=O)N2[C@H](CN)C[C@@H]3C[C@@H]32)c(-c2cccc(F)c2)s1. The van der Waals surface area contributed by atoms with Crippen molar-refractivity contribution in [1.82, 2.24) is 9.88 Å². The maximum absolute atomic E-state index is 13.6. The zero-order valence-corrected chi connectivity index (χ0v) is 21.8. The molecular formula is C28H30FN3O4S. The first-order chi connectivity index (χ1) is 17.6. The number of nitrogens with two attached hydrogens (primary N) is 1. The first-order valence-corrected chi connectivity index (χ1v) is 13.2. The topological polar surface area (TPSA) is 106 Å². The van der Waals surface area contributed by atoms with E-state index in [-0.39, 0.29) is 28.9 Å². The van der Waals surface area contributed by atoms with Gasteiger partial charge in [-0.15, -0.1) is 11.3 Å². The van der Waals surface area contributed by atoms with Crippen LogP contribution in [0.5, 0.6) is 5.75 Å². The van der Waals surface area contributed by atoms with Crippen molar-refractivity contribution in [3.8, 4) is 16.2 Å². The van der Waals surface area contributed by atoms with Crippen molar-refractivity contribution in [2.75, 3.05) is 6.54 Å². The van der Waals surface area contributed by atoms with E-state index < -0.39 is 5.97 Å². The minimum absolute atomic E-state index is 0.0611. The highest BCUT2D eigenvalue weighted by Gasteiger charge is 2.54. The van der Waals surface area contributed by atoms with E-state index >= 15 is 0 Å². The minimum atomic E-state index is -0.931. The number of hydrogen-bond donors (Lipinski definition) is 2. The third-order valence-corrected chi connectivity index (χ3v) is 8.08. The number of thiazole rings is 1. The average molecular weight is 524 g/mol. The standard InChI is InChI=1S/C17H18FN3OS.C11H12O3/c1-9-20-15(16(23-9)10-3-2-4-12(18)5-10)17(22)21-13(8-19)6-11-7-14(11)21;1-11(2)6-7-4-3-5-8(10(12)13)9(7)14-11/h2-5,11,13-14H,6-8,19H2,1H3;3-5H,6H2,1-2H3,(H,12,13)/t11-,13+,14+;/m1./s1. The van der Waals surface area contributed by atoms with E-state index in [0.29, 0.717) is 35.5 Å². The van der Waals surface area contributed by atoms with Gasteiger partial charge in [-0.25, -0.2) is 14.2 Å². The number of amides is 1. The summed E-state index contributed by atoms with van der Waals surface area (Å²) in [5, 5.41) is 9.75. The molecule has 0 bridgehead atoms. The van der Waals surface area contributed by atoms with Gasteiger partial charge in [-0.05, 0) is 68.9 Å². The van der Waals surface area contributed by atoms with Crippen molar-refractivity contribution in [2.45, 2.75) is 57.7 Å². The van der Waals surface area contributed by atoms with Gasteiger partial charge in [0.05, 0.1) is 9.88 Å². The van der Waals surface area contributed by atoms with Gasteiger partial charge >= 0.3 is 5.97 Å². The third-order valence-electron chi connectivity index (χ3n) is 7.06. The summed E-state index contributed by atoms with van der Waals surface area (Å²) >= 11 is 1.43. The number of rotatable bonds is 4. The predicted octanol–water partition coefficient (Wildman–Crippen LogP) is 4.92. The number of benzene rings is 2. The Morgan fingerprint density at radius 2 is 2.00 bits per heavy atom. The monoisotopic (exact) mass is 523 g/mol. The quantitative estimate of drug-likeness (QED) is 0.503. The van der Waals surface area contributed by atoms with Crippen molar-refractivity contribution < 1.29 is 23.8 Å². The van der Waals surface area contributed by atoms with Gasteiger partial charge in [0.2, 0.25) is 0 Å². The Balaban J connectivity index is 0.000000171. The summed E-state index contributed by atoms with van der Waals surface area (Å²) < 4.78 is 19.2. The number of carboxylic acids is 1. The molecule has 1 saturated carbocycles. The molecule has 37 heavy (non-hydrogen) atoms. The number of nitrogens with zero attached hydrogens (tertiary/aromatic N) is 2. The van der Waals surface area contributed by atoms with Gasteiger partial charge in [-0.2, -0.15) is 0 Å². The number of carbonyl (C=O) groups is 2. The number of halogens is 1. The van der Waals surface area contributed by atoms with Crippen LogP contribution < -0.4 is 10.5 Å². The number of aromatic carboxylic acids is 1. The lowest BCUT2D eigenvalue weighted by Crippen LogP contribution is -2.42. The van der Waals surface area contributed by atoms with Crippen LogP contribution in [0.4, 0.5) is 4.39 Å². The molecule has 3 aromatic rings. The van der Waals surface area contributed by atoms with Crippen LogP contribution in [-0.2, 0) is 6.42 Å². The summed E-state index contributed by atoms with van der Waals surface area (Å²) in [6.07, 6.45) is 2.83. The molecule has 0 unspecified atom stereocenters. The van der Waals surface area contributed by atoms with Crippen LogP contribution in [0.15, 0.2) is 42.5 Å². The summed E-state index contributed by atoms with van der Waals surface area (Å²) in [5.41, 5.74) is 7.93. The van der Waals surface area contributed by atoms with Gasteiger partial charge in [0.1, 0.15) is 28.4 Å². The number of piperidine rings is 1. The Labute approximate surface area is 219 Å². The highest BCUT2D eigenvalue weighted by Crippen LogP contribution is 2.48. The highest BCUT2D eigenvalue weighted by molar-refractivity contribution is 7.15. The maximum Gasteiger partial charge on any atom is 0.339 e. The Morgan fingerprint density at radius 1 is 1.24 bits per heavy atom. The normalized spacial score (nSPS) is 22.4. The molecule has 6 rings (SSSR count). The van der Waals surface area contributed by atoms with E-state index in [1.54, 1.807) is 18.2 Å². The first-order valence-electron chi connectivity index (χ1n) is 12.4. The number of likely N-dealkylation sites (tertiary alicyclic amines) is 1. The molecule has 1 aliphatic carbocycles. The lowest BCUT2D eigenvalue weighted by atomic mass is 10.0. The van der Waals surface area contributed by atoms with Crippen LogP contribution in [-0.4, -0.2) is 51.1 Å². The molecule has 194 valence electrons. The first kappa shape index (κ1) is 25.4. The molecule has 2 fully saturated rings. The number of hydrogen-bond acceptors (Lipinski definition) is 6. The zero-order chi connectivity index (χ0) is 26.5. The lowest BCUT2D eigenvalue weighted by Gasteiger charge is -2.26. The summed E-state index contributed by atoms with van der Waals surface area (Å²) in [7, 11) is 0. The van der Waals surface area contributed by atoms with Crippen molar-refractivity contribution in [2.24, 2.45) is 11.7 Å². The molecule has 2 aliphatic heterocycles. The second-order valence-corrected chi connectivity index (χ2v) is 11.7. The van der Waals surface area contributed by atoms with Crippen LogP contribution in [0.2, 0.25) is 0 Å². The number of para-hydroxylation sites is 1. The third kappa shape index (κ3) is 4.98. The summed E-state index contributed by atoms with van der Waals surface area (Å²) in [6.45, 7) is 6.27. The van der Waals surface area contributed by atoms with E-state index in [0.717, 1.165) is 34.7 Å². The molecule has 3 atom stereocenters.